The second kappa shape index (κ2) is 8.37. The Morgan fingerprint density at radius 1 is 1.22 bits per heavy atom. The molecule has 3 N–H and O–H groups in total. The summed E-state index contributed by atoms with van der Waals surface area (Å²) < 4.78 is 13.0. The Kier molecular flexibility index (Phi) is 5.93. The van der Waals surface area contributed by atoms with Crippen LogP contribution in [-0.4, -0.2) is 47.4 Å². The fourth-order valence-corrected chi connectivity index (χ4v) is 3.90. The minimum absolute atomic E-state index is 0.0646. The van der Waals surface area contributed by atoms with Crippen LogP contribution in [0.5, 0.6) is 0 Å². The number of amides is 4. The first-order valence-electron chi connectivity index (χ1n) is 9.41. The molecule has 0 bridgehead atoms. The molecule has 1 aromatic rings. The topological polar surface area (TPSA) is 90.5 Å². The summed E-state index contributed by atoms with van der Waals surface area (Å²) >= 11 is 0. The first-order chi connectivity index (χ1) is 13.0. The molecule has 0 spiro atoms. The van der Waals surface area contributed by atoms with E-state index in [-0.39, 0.29) is 30.4 Å². The van der Waals surface area contributed by atoms with Crippen LogP contribution in [0.1, 0.15) is 39.0 Å². The number of benzene rings is 1. The Hall–Kier alpha value is -2.64. The molecule has 1 aromatic carbocycles. The van der Waals surface area contributed by atoms with Gasteiger partial charge in [0.25, 0.3) is 0 Å². The number of nitrogens with one attached hydrogen (secondary N) is 3. The van der Waals surface area contributed by atoms with E-state index in [1.54, 1.807) is 4.90 Å². The lowest BCUT2D eigenvalue weighted by molar-refractivity contribution is -0.135. The van der Waals surface area contributed by atoms with Crippen molar-refractivity contribution < 1.29 is 18.8 Å². The average Bonchev–Trinajstić information content (AvgIpc) is 2.64. The van der Waals surface area contributed by atoms with Crippen molar-refractivity contribution >= 4 is 23.5 Å². The zero-order chi connectivity index (χ0) is 19.4. The van der Waals surface area contributed by atoms with Crippen molar-refractivity contribution in [3.05, 3.63) is 30.1 Å². The second-order valence-electron chi connectivity index (χ2n) is 6.98. The molecule has 0 aromatic heterocycles. The third-order valence-corrected chi connectivity index (χ3v) is 5.12. The highest BCUT2D eigenvalue weighted by Crippen LogP contribution is 2.29. The monoisotopic (exact) mass is 376 g/mol. The highest BCUT2D eigenvalue weighted by molar-refractivity contribution is 5.97. The van der Waals surface area contributed by atoms with Crippen LogP contribution in [0.4, 0.5) is 14.9 Å². The van der Waals surface area contributed by atoms with Crippen molar-refractivity contribution in [3.63, 3.8) is 0 Å². The molecule has 7 nitrogen and oxygen atoms in total. The highest BCUT2D eigenvalue weighted by Gasteiger charge is 2.45. The molecule has 2 fully saturated rings. The van der Waals surface area contributed by atoms with Crippen LogP contribution in [-0.2, 0) is 9.59 Å². The molecular formula is C19H25FN4O3. The van der Waals surface area contributed by atoms with E-state index < -0.39 is 17.8 Å². The smallest absolute Gasteiger partial charge is 0.318 e. The van der Waals surface area contributed by atoms with E-state index in [0.717, 1.165) is 25.7 Å². The maximum absolute atomic E-state index is 13.0. The third-order valence-electron chi connectivity index (χ3n) is 5.12. The quantitative estimate of drug-likeness (QED) is 0.751. The Labute approximate surface area is 157 Å². The number of anilines is 1. The summed E-state index contributed by atoms with van der Waals surface area (Å²) in [6, 6.07) is 4.05. The van der Waals surface area contributed by atoms with Crippen molar-refractivity contribution in [1.82, 2.24) is 15.5 Å². The van der Waals surface area contributed by atoms with E-state index in [0.29, 0.717) is 12.2 Å². The van der Waals surface area contributed by atoms with Crippen molar-refractivity contribution in [2.75, 3.05) is 11.9 Å². The van der Waals surface area contributed by atoms with E-state index in [1.807, 2.05) is 6.92 Å². The normalized spacial score (nSPS) is 24.6. The summed E-state index contributed by atoms with van der Waals surface area (Å²) in [5, 5.41) is 8.40. The molecule has 3 rings (SSSR count). The van der Waals surface area contributed by atoms with Gasteiger partial charge in [-0.3, -0.25) is 9.59 Å². The summed E-state index contributed by atoms with van der Waals surface area (Å²) in [5.41, 5.74) is 0.442. The fraction of sp³-hybridized carbons (Fsp3) is 0.526. The van der Waals surface area contributed by atoms with Crippen LogP contribution in [0, 0.1) is 5.82 Å². The first kappa shape index (κ1) is 19.1. The van der Waals surface area contributed by atoms with Gasteiger partial charge >= 0.3 is 6.03 Å². The summed E-state index contributed by atoms with van der Waals surface area (Å²) in [4.78, 5) is 39.3. The Morgan fingerprint density at radius 3 is 2.63 bits per heavy atom. The standard InChI is InChI=1S/C19H25FN4O3/c1-2-21-19(27)24-15-6-4-3-5-14(15)23-18(26)16(24)11-17(25)22-13-9-7-12(20)8-10-13/h7-10,14-16H,2-6,11H2,1H3,(H,21,27)(H,22,25)(H,23,26)/t14-,15+,16+/m0/s1. The number of piperazine rings is 1. The number of urea groups is 1. The number of fused-ring (bicyclic) bond motifs is 1. The van der Waals surface area contributed by atoms with Crippen LogP contribution in [0.25, 0.3) is 0 Å². The Morgan fingerprint density at radius 2 is 1.93 bits per heavy atom. The molecular weight excluding hydrogens is 351 g/mol. The summed E-state index contributed by atoms with van der Waals surface area (Å²) in [6.07, 6.45) is 3.49. The van der Waals surface area contributed by atoms with Gasteiger partial charge in [0, 0.05) is 18.3 Å². The van der Waals surface area contributed by atoms with Crippen LogP contribution >= 0.6 is 0 Å². The zero-order valence-corrected chi connectivity index (χ0v) is 15.3. The van der Waals surface area contributed by atoms with Crippen LogP contribution in [0.3, 0.4) is 0 Å². The average molecular weight is 376 g/mol. The molecule has 4 amide bonds. The van der Waals surface area contributed by atoms with Gasteiger partial charge in [0.2, 0.25) is 11.8 Å². The predicted molar refractivity (Wildman–Crippen MR) is 98.5 cm³/mol. The van der Waals surface area contributed by atoms with Crippen LogP contribution < -0.4 is 16.0 Å². The summed E-state index contributed by atoms with van der Waals surface area (Å²) in [6.45, 7) is 2.26. The van der Waals surface area contributed by atoms with Gasteiger partial charge in [0.1, 0.15) is 11.9 Å². The van der Waals surface area contributed by atoms with Crippen molar-refractivity contribution in [3.8, 4) is 0 Å². The Balaban J connectivity index is 1.75. The minimum atomic E-state index is -0.864. The lowest BCUT2D eigenvalue weighted by Gasteiger charge is -2.47. The third kappa shape index (κ3) is 4.37. The van der Waals surface area contributed by atoms with Gasteiger partial charge < -0.3 is 20.9 Å². The van der Waals surface area contributed by atoms with Gasteiger partial charge in [-0.05, 0) is 44.0 Å². The van der Waals surface area contributed by atoms with E-state index in [1.165, 1.54) is 24.3 Å². The molecule has 1 heterocycles. The molecule has 1 aliphatic heterocycles. The van der Waals surface area contributed by atoms with Crippen molar-refractivity contribution in [1.29, 1.82) is 0 Å². The van der Waals surface area contributed by atoms with Gasteiger partial charge in [-0.1, -0.05) is 12.8 Å². The maximum atomic E-state index is 13.0. The molecule has 3 atom stereocenters. The lowest BCUT2D eigenvalue weighted by atomic mass is 9.85. The van der Waals surface area contributed by atoms with E-state index >= 15 is 0 Å². The number of carbonyl (C=O) groups excluding carboxylic acids is 3. The first-order valence-corrected chi connectivity index (χ1v) is 9.41. The number of halogens is 1. The highest BCUT2D eigenvalue weighted by atomic mass is 19.1. The van der Waals surface area contributed by atoms with Crippen molar-refractivity contribution in [2.24, 2.45) is 0 Å². The molecule has 0 radical (unpaired) electrons. The molecule has 8 heteroatoms. The fourth-order valence-electron chi connectivity index (χ4n) is 3.90. The number of rotatable bonds is 4. The van der Waals surface area contributed by atoms with Crippen LogP contribution in [0.15, 0.2) is 24.3 Å². The van der Waals surface area contributed by atoms with Gasteiger partial charge in [0.15, 0.2) is 0 Å². The minimum Gasteiger partial charge on any atom is -0.349 e. The van der Waals surface area contributed by atoms with Gasteiger partial charge in [-0.2, -0.15) is 0 Å². The molecule has 1 aliphatic carbocycles. The molecule has 0 unspecified atom stereocenters. The van der Waals surface area contributed by atoms with Gasteiger partial charge in [0.05, 0.1) is 12.5 Å². The van der Waals surface area contributed by atoms with Gasteiger partial charge in [-0.15, -0.1) is 0 Å². The maximum Gasteiger partial charge on any atom is 0.318 e. The molecule has 27 heavy (non-hydrogen) atoms. The van der Waals surface area contributed by atoms with Gasteiger partial charge in [-0.25, -0.2) is 9.18 Å². The van der Waals surface area contributed by atoms with E-state index in [2.05, 4.69) is 16.0 Å². The van der Waals surface area contributed by atoms with Crippen LogP contribution in [0.2, 0.25) is 0 Å². The summed E-state index contributed by atoms with van der Waals surface area (Å²) in [7, 11) is 0. The predicted octanol–water partition coefficient (Wildman–Crippen LogP) is 2.00. The number of hydrogen-bond donors (Lipinski definition) is 3. The summed E-state index contributed by atoms with van der Waals surface area (Å²) in [5.74, 6) is -1.10. The molecule has 2 aliphatic rings. The molecule has 1 saturated carbocycles. The number of carbonyl (C=O) groups is 3. The van der Waals surface area contributed by atoms with E-state index in [9.17, 15) is 18.8 Å². The number of nitrogens with zero attached hydrogens (tertiary/aromatic N) is 1. The SMILES string of the molecule is CCNC(=O)N1[C@H](CC(=O)Nc2ccc(F)cc2)C(=O)N[C@H]2CCCC[C@H]21. The molecule has 146 valence electrons. The second-order valence-corrected chi connectivity index (χ2v) is 6.98. The molecule has 1 saturated heterocycles. The van der Waals surface area contributed by atoms with Crippen molar-refractivity contribution in [2.45, 2.75) is 57.2 Å². The lowest BCUT2D eigenvalue weighted by Crippen LogP contribution is -2.69. The Bertz CT molecular complexity index is 709. The number of hydrogen-bond acceptors (Lipinski definition) is 3. The zero-order valence-electron chi connectivity index (χ0n) is 15.3. The largest absolute Gasteiger partial charge is 0.349 e. The van der Waals surface area contributed by atoms with E-state index in [4.69, 9.17) is 0 Å².